The number of hydrogen-bond acceptors (Lipinski definition) is 5. The van der Waals surface area contributed by atoms with Crippen LogP contribution in [-0.4, -0.2) is 44.4 Å². The second kappa shape index (κ2) is 10.6. The van der Waals surface area contributed by atoms with Gasteiger partial charge in [-0.3, -0.25) is 4.90 Å². The van der Waals surface area contributed by atoms with Crippen LogP contribution in [0.3, 0.4) is 0 Å². The maximum Gasteiger partial charge on any atom is 0.231 e. The highest BCUT2D eigenvalue weighted by molar-refractivity contribution is 5.53. The van der Waals surface area contributed by atoms with Crippen molar-refractivity contribution in [2.75, 3.05) is 44.4 Å². The summed E-state index contributed by atoms with van der Waals surface area (Å²) in [6.45, 7) is 12.1. The zero-order valence-corrected chi connectivity index (χ0v) is 21.1. The number of para-hydroxylation sites is 1. The number of benzene rings is 3. The Balaban J connectivity index is 1.25. The maximum atomic E-state index is 6.56. The van der Waals surface area contributed by atoms with Gasteiger partial charge in [0.1, 0.15) is 11.9 Å². The van der Waals surface area contributed by atoms with Crippen LogP contribution in [0.25, 0.3) is 0 Å². The fourth-order valence-electron chi connectivity index (χ4n) is 4.93. The Kier molecular flexibility index (Phi) is 7.14. The van der Waals surface area contributed by atoms with E-state index in [-0.39, 0.29) is 12.9 Å². The highest BCUT2D eigenvalue weighted by Crippen LogP contribution is 2.36. The molecule has 3 aromatic carbocycles. The zero-order chi connectivity index (χ0) is 24.2. The average Bonchev–Trinajstić information content (AvgIpc) is 3.35. The molecule has 0 spiro atoms. The Labute approximate surface area is 209 Å². The molecule has 1 fully saturated rings. The molecule has 2 aliphatic heterocycles. The van der Waals surface area contributed by atoms with Gasteiger partial charge in [0, 0.05) is 44.8 Å². The van der Waals surface area contributed by atoms with Crippen molar-refractivity contribution in [1.29, 1.82) is 0 Å². The normalized spacial score (nSPS) is 16.5. The van der Waals surface area contributed by atoms with E-state index in [0.717, 1.165) is 62.0 Å². The van der Waals surface area contributed by atoms with Crippen LogP contribution in [0.2, 0.25) is 0 Å². The average molecular weight is 473 g/mol. The SMILES string of the molecule is Cc1ccccc1N1CCN(CCC(Oc2ccc(C(C)C)cc2)c2ccc3c(c2)OCO3)CC1. The maximum absolute atomic E-state index is 6.56. The summed E-state index contributed by atoms with van der Waals surface area (Å²) in [6.07, 6.45) is 0.861. The number of ether oxygens (including phenoxy) is 3. The first-order valence-corrected chi connectivity index (χ1v) is 12.8. The molecule has 0 aliphatic carbocycles. The molecular weight excluding hydrogens is 436 g/mol. The van der Waals surface area contributed by atoms with Crippen LogP contribution in [0, 0.1) is 6.92 Å². The summed E-state index contributed by atoms with van der Waals surface area (Å²) >= 11 is 0. The number of nitrogens with zero attached hydrogens (tertiary/aromatic N) is 2. The van der Waals surface area contributed by atoms with Crippen LogP contribution >= 0.6 is 0 Å². The molecule has 1 unspecified atom stereocenters. The van der Waals surface area contributed by atoms with Crippen LogP contribution in [0.15, 0.2) is 66.7 Å². The second-order valence-corrected chi connectivity index (χ2v) is 9.85. The van der Waals surface area contributed by atoms with Gasteiger partial charge < -0.3 is 19.1 Å². The Bertz CT molecular complexity index is 1120. The van der Waals surface area contributed by atoms with Crippen LogP contribution in [-0.2, 0) is 0 Å². The molecule has 2 heterocycles. The minimum absolute atomic E-state index is 0.0520. The quantitative estimate of drug-likeness (QED) is 0.391. The number of anilines is 1. The third-order valence-corrected chi connectivity index (χ3v) is 7.13. The molecule has 0 bridgehead atoms. The predicted molar refractivity (Wildman–Crippen MR) is 141 cm³/mol. The summed E-state index contributed by atoms with van der Waals surface area (Å²) in [5.41, 5.74) is 5.16. The molecule has 0 amide bonds. The molecule has 0 N–H and O–H groups in total. The lowest BCUT2D eigenvalue weighted by Gasteiger charge is -2.37. The zero-order valence-electron chi connectivity index (χ0n) is 21.1. The van der Waals surface area contributed by atoms with Crippen molar-refractivity contribution in [2.24, 2.45) is 0 Å². The molecule has 184 valence electrons. The highest BCUT2D eigenvalue weighted by Gasteiger charge is 2.23. The van der Waals surface area contributed by atoms with E-state index in [1.54, 1.807) is 0 Å². The van der Waals surface area contributed by atoms with Gasteiger partial charge in [0.15, 0.2) is 11.5 Å². The smallest absolute Gasteiger partial charge is 0.231 e. The van der Waals surface area contributed by atoms with Gasteiger partial charge in [-0.1, -0.05) is 50.2 Å². The van der Waals surface area contributed by atoms with E-state index in [9.17, 15) is 0 Å². The van der Waals surface area contributed by atoms with Crippen LogP contribution in [0.1, 0.15) is 49.0 Å². The van der Waals surface area contributed by atoms with Crippen molar-refractivity contribution in [3.63, 3.8) is 0 Å². The minimum Gasteiger partial charge on any atom is -0.486 e. The summed E-state index contributed by atoms with van der Waals surface area (Å²) < 4.78 is 17.7. The van der Waals surface area contributed by atoms with Crippen LogP contribution in [0.4, 0.5) is 5.69 Å². The fourth-order valence-corrected chi connectivity index (χ4v) is 4.93. The fraction of sp³-hybridized carbons (Fsp3) is 0.400. The van der Waals surface area contributed by atoms with E-state index in [1.807, 2.05) is 6.07 Å². The third kappa shape index (κ3) is 5.57. The molecule has 0 saturated carbocycles. The molecule has 3 aromatic rings. The van der Waals surface area contributed by atoms with Crippen LogP contribution < -0.4 is 19.1 Å². The molecule has 0 radical (unpaired) electrons. The first-order valence-electron chi connectivity index (χ1n) is 12.8. The topological polar surface area (TPSA) is 34.2 Å². The van der Waals surface area contributed by atoms with E-state index < -0.39 is 0 Å². The summed E-state index contributed by atoms with van der Waals surface area (Å²) in [5.74, 6) is 3.02. The van der Waals surface area contributed by atoms with E-state index in [1.165, 1.54) is 16.8 Å². The van der Waals surface area contributed by atoms with Crippen molar-refractivity contribution in [3.05, 3.63) is 83.4 Å². The Hall–Kier alpha value is -3.18. The molecule has 1 saturated heterocycles. The predicted octanol–water partition coefficient (Wildman–Crippen LogP) is 6.18. The molecule has 5 nitrogen and oxygen atoms in total. The van der Waals surface area contributed by atoms with Gasteiger partial charge >= 0.3 is 0 Å². The molecule has 2 aliphatic rings. The van der Waals surface area contributed by atoms with Gasteiger partial charge in [0.25, 0.3) is 0 Å². The van der Waals surface area contributed by atoms with Crippen molar-refractivity contribution in [3.8, 4) is 17.2 Å². The summed E-state index contributed by atoms with van der Waals surface area (Å²) in [5, 5.41) is 0. The minimum atomic E-state index is -0.0520. The van der Waals surface area contributed by atoms with Crippen molar-refractivity contribution in [2.45, 2.75) is 39.2 Å². The van der Waals surface area contributed by atoms with Crippen molar-refractivity contribution >= 4 is 5.69 Å². The number of aryl methyl sites for hydroxylation is 1. The van der Waals surface area contributed by atoms with Gasteiger partial charge in [0.05, 0.1) is 0 Å². The van der Waals surface area contributed by atoms with Gasteiger partial charge in [0.2, 0.25) is 6.79 Å². The lowest BCUT2D eigenvalue weighted by atomic mass is 10.0. The summed E-state index contributed by atoms with van der Waals surface area (Å²) in [7, 11) is 0. The number of rotatable bonds is 8. The monoisotopic (exact) mass is 472 g/mol. The highest BCUT2D eigenvalue weighted by atomic mass is 16.7. The molecule has 5 rings (SSSR count). The second-order valence-electron chi connectivity index (χ2n) is 9.85. The molecule has 35 heavy (non-hydrogen) atoms. The van der Waals surface area contributed by atoms with E-state index in [2.05, 4.69) is 91.2 Å². The Morgan fingerprint density at radius 3 is 2.29 bits per heavy atom. The Morgan fingerprint density at radius 1 is 0.829 bits per heavy atom. The van der Waals surface area contributed by atoms with Gasteiger partial charge in [-0.2, -0.15) is 0 Å². The summed E-state index contributed by atoms with van der Waals surface area (Å²) in [4.78, 5) is 5.06. The molecule has 5 heteroatoms. The van der Waals surface area contributed by atoms with E-state index in [0.29, 0.717) is 5.92 Å². The first-order chi connectivity index (χ1) is 17.1. The molecule has 0 aromatic heterocycles. The molecule has 1 atom stereocenters. The first kappa shape index (κ1) is 23.6. The van der Waals surface area contributed by atoms with E-state index in [4.69, 9.17) is 14.2 Å². The number of piperazine rings is 1. The lowest BCUT2D eigenvalue weighted by molar-refractivity contribution is 0.159. The molecular formula is C30H36N2O3. The van der Waals surface area contributed by atoms with Gasteiger partial charge in [-0.15, -0.1) is 0 Å². The standard InChI is InChI=1S/C30H36N2O3/c1-22(2)24-8-11-26(12-9-24)35-28(25-10-13-29-30(20-25)34-21-33-29)14-15-31-16-18-32(19-17-31)27-7-5-4-6-23(27)3/h4-13,20,22,28H,14-19,21H2,1-3H3. The van der Waals surface area contributed by atoms with Gasteiger partial charge in [-0.05, 0) is 59.9 Å². The van der Waals surface area contributed by atoms with E-state index >= 15 is 0 Å². The number of fused-ring (bicyclic) bond motifs is 1. The van der Waals surface area contributed by atoms with Crippen molar-refractivity contribution in [1.82, 2.24) is 4.90 Å². The van der Waals surface area contributed by atoms with Crippen LogP contribution in [0.5, 0.6) is 17.2 Å². The van der Waals surface area contributed by atoms with Crippen molar-refractivity contribution < 1.29 is 14.2 Å². The third-order valence-electron chi connectivity index (χ3n) is 7.13. The van der Waals surface area contributed by atoms with Gasteiger partial charge in [-0.25, -0.2) is 0 Å². The Morgan fingerprint density at radius 2 is 1.54 bits per heavy atom. The lowest BCUT2D eigenvalue weighted by Crippen LogP contribution is -2.47. The largest absolute Gasteiger partial charge is 0.486 e. The number of hydrogen-bond donors (Lipinski definition) is 0. The summed E-state index contributed by atoms with van der Waals surface area (Å²) in [6, 6.07) is 23.4.